The predicted molar refractivity (Wildman–Crippen MR) is 106 cm³/mol. The minimum atomic E-state index is -0.123. The lowest BCUT2D eigenvalue weighted by atomic mass is 9.89. The lowest BCUT2D eigenvalue weighted by molar-refractivity contribution is 0.0673. The molecule has 0 aliphatic rings. The summed E-state index contributed by atoms with van der Waals surface area (Å²) in [6.45, 7) is 9.20. The molecule has 0 aliphatic heterocycles. The summed E-state index contributed by atoms with van der Waals surface area (Å²) in [5.74, 6) is 0.895. The van der Waals surface area contributed by atoms with Crippen LogP contribution in [-0.2, 0) is 11.4 Å². The number of oxime groups is 1. The first-order chi connectivity index (χ1) is 11.9. The number of rotatable bonds is 9. The van der Waals surface area contributed by atoms with Gasteiger partial charge in [0.25, 0.3) is 0 Å². The fraction of sp³-hybridized carbons (Fsp3) is 0.474. The number of hydrogen-bond donors (Lipinski definition) is 0. The Kier molecular flexibility index (Phi) is 7.38. The van der Waals surface area contributed by atoms with Crippen molar-refractivity contribution in [3.8, 4) is 0 Å². The van der Waals surface area contributed by atoms with Crippen LogP contribution in [0.25, 0.3) is 0 Å². The summed E-state index contributed by atoms with van der Waals surface area (Å²) in [6.07, 6.45) is 6.57. The van der Waals surface area contributed by atoms with Crippen molar-refractivity contribution in [2.24, 2.45) is 10.6 Å². The van der Waals surface area contributed by atoms with Crippen LogP contribution in [0.2, 0.25) is 5.02 Å². The van der Waals surface area contributed by atoms with Gasteiger partial charge in [0.05, 0.1) is 18.6 Å². The fourth-order valence-corrected chi connectivity index (χ4v) is 3.17. The Morgan fingerprint density at radius 2 is 2.08 bits per heavy atom. The molecule has 0 N–H and O–H groups in total. The second-order valence-corrected chi connectivity index (χ2v) is 8.21. The molecule has 136 valence electrons. The Balaban J connectivity index is 2.10. The van der Waals surface area contributed by atoms with E-state index in [1.54, 1.807) is 24.3 Å². The minimum absolute atomic E-state index is 0.109. The molecule has 0 bridgehead atoms. The maximum atomic E-state index is 5.96. The molecule has 4 nitrogen and oxygen atoms in total. The van der Waals surface area contributed by atoms with Gasteiger partial charge < -0.3 is 9.40 Å². The molecule has 25 heavy (non-hydrogen) atoms. The van der Waals surface area contributed by atoms with Crippen molar-refractivity contribution in [1.82, 2.24) is 9.55 Å². The lowest BCUT2D eigenvalue weighted by Gasteiger charge is -2.26. The van der Waals surface area contributed by atoms with Gasteiger partial charge in [0.15, 0.2) is 0 Å². The molecule has 1 heterocycles. The summed E-state index contributed by atoms with van der Waals surface area (Å²) >= 11 is 7.76. The molecule has 2 rings (SSSR count). The molecule has 1 unspecified atom stereocenters. The van der Waals surface area contributed by atoms with Crippen LogP contribution < -0.4 is 0 Å². The Labute approximate surface area is 159 Å². The standard InChI is InChI=1S/C19H26ClN3OS/c1-5-15(2)24-22-18(12-23-11-10-21-14-23)19(3,4)13-25-17-8-6-16(20)7-9-17/h6-11,14-15H,5,12-13H2,1-4H3. The zero-order chi connectivity index (χ0) is 18.3. The highest BCUT2D eigenvalue weighted by atomic mass is 35.5. The van der Waals surface area contributed by atoms with Gasteiger partial charge in [-0.1, -0.05) is 37.5 Å². The Hall–Kier alpha value is -1.46. The first kappa shape index (κ1) is 19.9. The average Bonchev–Trinajstić information content (AvgIpc) is 3.10. The number of aromatic nitrogens is 2. The van der Waals surface area contributed by atoms with Crippen molar-refractivity contribution >= 4 is 29.1 Å². The Morgan fingerprint density at radius 3 is 2.68 bits per heavy atom. The molecule has 6 heteroatoms. The topological polar surface area (TPSA) is 39.4 Å². The highest BCUT2D eigenvalue weighted by Crippen LogP contribution is 2.30. The van der Waals surface area contributed by atoms with Gasteiger partial charge in [-0.2, -0.15) is 0 Å². The van der Waals surface area contributed by atoms with Gasteiger partial charge in [-0.3, -0.25) is 0 Å². The number of benzene rings is 1. The molecule has 2 aromatic rings. The minimum Gasteiger partial charge on any atom is -0.393 e. The zero-order valence-corrected chi connectivity index (χ0v) is 16.8. The van der Waals surface area contributed by atoms with E-state index in [0.717, 1.165) is 22.9 Å². The smallest absolute Gasteiger partial charge is 0.124 e. The van der Waals surface area contributed by atoms with Crippen molar-refractivity contribution in [1.29, 1.82) is 0 Å². The second kappa shape index (κ2) is 9.30. The Bertz CT molecular complexity index is 668. The van der Waals surface area contributed by atoms with Crippen molar-refractivity contribution in [3.63, 3.8) is 0 Å². The van der Waals surface area contributed by atoms with Gasteiger partial charge >= 0.3 is 0 Å². The van der Waals surface area contributed by atoms with Gasteiger partial charge in [0.1, 0.15) is 6.10 Å². The fourth-order valence-electron chi connectivity index (χ4n) is 2.03. The van der Waals surface area contributed by atoms with Crippen LogP contribution in [0, 0.1) is 5.41 Å². The lowest BCUT2D eigenvalue weighted by Crippen LogP contribution is -2.31. The molecule has 0 fully saturated rings. The van der Waals surface area contributed by atoms with Crippen LogP contribution in [0.15, 0.2) is 53.0 Å². The monoisotopic (exact) mass is 379 g/mol. The van der Waals surface area contributed by atoms with Crippen molar-refractivity contribution in [3.05, 3.63) is 48.0 Å². The van der Waals surface area contributed by atoms with Gasteiger partial charge in [0.2, 0.25) is 0 Å². The molecule has 0 aliphatic carbocycles. The number of nitrogens with zero attached hydrogens (tertiary/aromatic N) is 3. The van der Waals surface area contributed by atoms with E-state index in [0.29, 0.717) is 6.54 Å². The third-order valence-corrected chi connectivity index (χ3v) is 5.73. The highest BCUT2D eigenvalue weighted by molar-refractivity contribution is 7.99. The first-order valence-corrected chi connectivity index (χ1v) is 9.84. The molecule has 0 saturated heterocycles. The Morgan fingerprint density at radius 1 is 1.36 bits per heavy atom. The summed E-state index contributed by atoms with van der Waals surface area (Å²) in [4.78, 5) is 11.0. The maximum Gasteiger partial charge on any atom is 0.124 e. The second-order valence-electron chi connectivity index (χ2n) is 6.72. The average molecular weight is 380 g/mol. The molecule has 1 aromatic heterocycles. The summed E-state index contributed by atoms with van der Waals surface area (Å²) in [5, 5.41) is 5.26. The molecular formula is C19H26ClN3OS. The van der Waals surface area contributed by atoms with Crippen molar-refractivity contribution in [2.75, 3.05) is 5.75 Å². The van der Waals surface area contributed by atoms with E-state index < -0.39 is 0 Å². The van der Waals surface area contributed by atoms with E-state index in [9.17, 15) is 0 Å². The SMILES string of the molecule is CCC(C)ON=C(Cn1ccnc1)C(C)(C)CSc1ccc(Cl)cc1. The van der Waals surface area contributed by atoms with Crippen molar-refractivity contribution < 1.29 is 4.84 Å². The first-order valence-electron chi connectivity index (χ1n) is 8.48. The van der Waals surface area contributed by atoms with Crippen LogP contribution in [-0.4, -0.2) is 27.1 Å². The van der Waals surface area contributed by atoms with Gasteiger partial charge in [0, 0.05) is 33.5 Å². The molecular weight excluding hydrogens is 354 g/mol. The largest absolute Gasteiger partial charge is 0.393 e. The number of hydrogen-bond acceptors (Lipinski definition) is 4. The molecule has 1 aromatic carbocycles. The number of thioether (sulfide) groups is 1. The third-order valence-electron chi connectivity index (χ3n) is 4.00. The van der Waals surface area contributed by atoms with E-state index in [1.807, 2.05) is 42.0 Å². The molecule has 0 spiro atoms. The maximum absolute atomic E-state index is 5.96. The summed E-state index contributed by atoms with van der Waals surface area (Å²) in [5.41, 5.74) is 0.884. The highest BCUT2D eigenvalue weighted by Gasteiger charge is 2.27. The van der Waals surface area contributed by atoms with Crippen LogP contribution in [0.4, 0.5) is 0 Å². The van der Waals surface area contributed by atoms with E-state index in [4.69, 9.17) is 16.4 Å². The van der Waals surface area contributed by atoms with E-state index in [-0.39, 0.29) is 11.5 Å². The molecule has 0 radical (unpaired) electrons. The van der Waals surface area contributed by atoms with Gasteiger partial charge in [-0.15, -0.1) is 11.8 Å². The van der Waals surface area contributed by atoms with E-state index in [2.05, 4.69) is 30.9 Å². The van der Waals surface area contributed by atoms with E-state index >= 15 is 0 Å². The normalized spacial score (nSPS) is 13.7. The van der Waals surface area contributed by atoms with Crippen LogP contribution in [0.5, 0.6) is 0 Å². The summed E-state index contributed by atoms with van der Waals surface area (Å²) in [6, 6.07) is 7.93. The molecule has 0 saturated carbocycles. The number of imidazole rings is 1. The quantitative estimate of drug-likeness (QED) is 0.327. The zero-order valence-electron chi connectivity index (χ0n) is 15.3. The summed E-state index contributed by atoms with van der Waals surface area (Å²) < 4.78 is 2.02. The number of halogens is 1. The summed E-state index contributed by atoms with van der Waals surface area (Å²) in [7, 11) is 0. The van der Waals surface area contributed by atoms with Crippen LogP contribution >= 0.6 is 23.4 Å². The predicted octanol–water partition coefficient (Wildman–Crippen LogP) is 5.53. The van der Waals surface area contributed by atoms with Crippen LogP contribution in [0.1, 0.15) is 34.1 Å². The van der Waals surface area contributed by atoms with Gasteiger partial charge in [-0.25, -0.2) is 4.98 Å². The van der Waals surface area contributed by atoms with Crippen LogP contribution in [0.3, 0.4) is 0 Å². The van der Waals surface area contributed by atoms with Gasteiger partial charge in [-0.05, 0) is 37.6 Å². The van der Waals surface area contributed by atoms with E-state index in [1.165, 1.54) is 4.90 Å². The molecule has 1 atom stereocenters. The molecule has 0 amide bonds. The van der Waals surface area contributed by atoms with Crippen molar-refractivity contribution in [2.45, 2.75) is 51.7 Å². The third kappa shape index (κ3) is 6.40.